The van der Waals surface area contributed by atoms with Gasteiger partial charge in [-0.3, -0.25) is 9.48 Å². The predicted octanol–water partition coefficient (Wildman–Crippen LogP) is 5.89. The third-order valence-corrected chi connectivity index (χ3v) is 6.57. The first-order valence-corrected chi connectivity index (χ1v) is 11.4. The third kappa shape index (κ3) is 4.97. The average molecular weight is 457 g/mol. The third-order valence-electron chi connectivity index (χ3n) is 6.57. The Hall–Kier alpha value is -3.08. The van der Waals surface area contributed by atoms with Crippen LogP contribution in [0.2, 0.25) is 0 Å². The van der Waals surface area contributed by atoms with E-state index in [1.54, 1.807) is 33.9 Å². The molecule has 1 aromatic carbocycles. The Morgan fingerprint density at radius 1 is 1.24 bits per heavy atom. The summed E-state index contributed by atoms with van der Waals surface area (Å²) < 4.78 is 40.9. The Morgan fingerprint density at radius 3 is 2.61 bits per heavy atom. The van der Waals surface area contributed by atoms with Gasteiger partial charge in [0.25, 0.3) is 5.91 Å². The number of alkyl halides is 3. The van der Waals surface area contributed by atoms with E-state index >= 15 is 0 Å². The van der Waals surface area contributed by atoms with Gasteiger partial charge < -0.3 is 4.90 Å². The molecule has 2 aromatic rings. The van der Waals surface area contributed by atoms with E-state index in [2.05, 4.69) is 13.0 Å². The summed E-state index contributed by atoms with van der Waals surface area (Å²) in [5.41, 5.74) is 3.40. The van der Waals surface area contributed by atoms with Crippen LogP contribution >= 0.6 is 0 Å². The van der Waals surface area contributed by atoms with Crippen LogP contribution in [0.5, 0.6) is 0 Å². The smallest absolute Gasteiger partial charge is 0.331 e. The number of nitrogens with zero attached hydrogens (tertiary/aromatic N) is 4. The van der Waals surface area contributed by atoms with Crippen LogP contribution in [0.1, 0.15) is 78.8 Å². The number of fused-ring (bicyclic) bond motifs is 1. The average Bonchev–Trinajstić information content (AvgIpc) is 3.26. The van der Waals surface area contributed by atoms with Crippen molar-refractivity contribution in [3.8, 4) is 6.07 Å². The van der Waals surface area contributed by atoms with Crippen LogP contribution in [0.25, 0.3) is 5.57 Å². The minimum atomic E-state index is -4.18. The second-order valence-electron chi connectivity index (χ2n) is 8.89. The fraction of sp³-hybridized carbons (Fsp3) is 0.480. The number of halogens is 3. The normalized spacial score (nSPS) is 20.9. The fourth-order valence-corrected chi connectivity index (χ4v) is 4.62. The maximum Gasteiger partial charge on any atom is 0.392 e. The van der Waals surface area contributed by atoms with Gasteiger partial charge in [-0.15, -0.1) is 0 Å². The molecule has 1 aliphatic heterocycles. The Bertz CT molecular complexity index is 1080. The highest BCUT2D eigenvalue weighted by Crippen LogP contribution is 2.40. The summed E-state index contributed by atoms with van der Waals surface area (Å²) in [7, 11) is 0. The molecule has 2 aliphatic rings. The molecule has 0 saturated heterocycles. The van der Waals surface area contributed by atoms with Crippen molar-refractivity contribution < 1.29 is 18.0 Å². The maximum atomic E-state index is 13.3. The van der Waals surface area contributed by atoms with Crippen molar-refractivity contribution in [2.24, 2.45) is 5.92 Å². The zero-order valence-corrected chi connectivity index (χ0v) is 18.6. The summed E-state index contributed by atoms with van der Waals surface area (Å²) in [4.78, 5) is 15.1. The van der Waals surface area contributed by atoms with Gasteiger partial charge in [-0.05, 0) is 55.0 Å². The lowest BCUT2D eigenvalue weighted by Gasteiger charge is -2.33. The van der Waals surface area contributed by atoms with Crippen LogP contribution in [0.3, 0.4) is 0 Å². The first-order chi connectivity index (χ1) is 15.8. The topological polar surface area (TPSA) is 61.9 Å². The van der Waals surface area contributed by atoms with Crippen molar-refractivity contribution in [2.45, 2.75) is 64.2 Å². The van der Waals surface area contributed by atoms with Gasteiger partial charge in [-0.2, -0.15) is 23.5 Å². The van der Waals surface area contributed by atoms with Gasteiger partial charge in [-0.25, -0.2) is 0 Å². The van der Waals surface area contributed by atoms with Crippen molar-refractivity contribution in [1.29, 1.82) is 5.26 Å². The maximum absolute atomic E-state index is 13.3. The molecule has 0 N–H and O–H groups in total. The molecule has 2 unspecified atom stereocenters. The number of nitriles is 1. The van der Waals surface area contributed by atoms with Crippen molar-refractivity contribution in [2.75, 3.05) is 6.54 Å². The summed E-state index contributed by atoms with van der Waals surface area (Å²) in [5.74, 6) is -1.43. The highest BCUT2D eigenvalue weighted by molar-refractivity contribution is 5.94. The van der Waals surface area contributed by atoms with Crippen molar-refractivity contribution in [3.05, 3.63) is 58.9 Å². The molecule has 2 heterocycles. The van der Waals surface area contributed by atoms with Crippen LogP contribution in [0.4, 0.5) is 13.2 Å². The van der Waals surface area contributed by atoms with E-state index in [4.69, 9.17) is 10.4 Å². The van der Waals surface area contributed by atoms with Gasteiger partial charge in [0.05, 0.1) is 29.3 Å². The molecule has 0 bridgehead atoms. The molecule has 0 saturated carbocycles. The summed E-state index contributed by atoms with van der Waals surface area (Å²) >= 11 is 0. The molecule has 0 fully saturated rings. The molecule has 174 valence electrons. The van der Waals surface area contributed by atoms with Crippen LogP contribution in [-0.4, -0.2) is 33.3 Å². The van der Waals surface area contributed by atoms with Crippen LogP contribution in [-0.2, 0) is 6.54 Å². The summed E-state index contributed by atoms with van der Waals surface area (Å²) in [6.45, 7) is 3.08. The SMILES string of the molecule is CCCCC1CN(Cc2ccc(C#N)cc2)C(=O)c2cc(C3=CCC(C(F)(F)F)CC3)nn21. The van der Waals surface area contributed by atoms with Gasteiger partial charge >= 0.3 is 6.18 Å². The number of rotatable bonds is 6. The van der Waals surface area contributed by atoms with Crippen molar-refractivity contribution in [1.82, 2.24) is 14.7 Å². The first-order valence-electron chi connectivity index (χ1n) is 11.4. The van der Waals surface area contributed by atoms with Gasteiger partial charge in [0.1, 0.15) is 5.69 Å². The fourth-order valence-electron chi connectivity index (χ4n) is 4.62. The highest BCUT2D eigenvalue weighted by Gasteiger charge is 2.40. The molecule has 2 atom stereocenters. The first kappa shape index (κ1) is 23.1. The standard InChI is InChI=1S/C25H27F3N4O/c1-2-3-4-21-16-31(15-18-7-5-17(14-29)6-8-18)24(33)23-13-22(30-32(21)23)19-9-11-20(12-10-19)25(26,27)28/h5-9,13,20-21H,2-4,10-12,15-16H2,1H3. The number of benzene rings is 1. The molecule has 0 spiro atoms. The van der Waals surface area contributed by atoms with E-state index in [-0.39, 0.29) is 24.8 Å². The van der Waals surface area contributed by atoms with Crippen molar-refractivity contribution >= 4 is 11.5 Å². The molecule has 1 aliphatic carbocycles. The number of aromatic nitrogens is 2. The van der Waals surface area contributed by atoms with E-state index in [9.17, 15) is 18.0 Å². The zero-order valence-electron chi connectivity index (χ0n) is 18.6. The van der Waals surface area contributed by atoms with Gasteiger partial charge in [0, 0.05) is 13.1 Å². The Kier molecular flexibility index (Phi) is 6.59. The molecule has 33 heavy (non-hydrogen) atoms. The van der Waals surface area contributed by atoms with Crippen LogP contribution < -0.4 is 0 Å². The largest absolute Gasteiger partial charge is 0.392 e. The molecule has 8 heteroatoms. The molecule has 1 aromatic heterocycles. The lowest BCUT2D eigenvalue weighted by Crippen LogP contribution is -2.42. The van der Waals surface area contributed by atoms with E-state index in [0.717, 1.165) is 30.4 Å². The molecular weight excluding hydrogens is 429 g/mol. The van der Waals surface area contributed by atoms with Gasteiger partial charge in [0.15, 0.2) is 0 Å². The van der Waals surface area contributed by atoms with Gasteiger partial charge in [-0.1, -0.05) is 38.0 Å². The lowest BCUT2D eigenvalue weighted by atomic mass is 9.88. The van der Waals surface area contributed by atoms with Crippen LogP contribution in [0, 0.1) is 17.2 Å². The summed E-state index contributed by atoms with van der Waals surface area (Å²) in [6, 6.07) is 11.1. The van der Waals surface area contributed by atoms with E-state index in [1.807, 2.05) is 12.1 Å². The van der Waals surface area contributed by atoms with Crippen LogP contribution in [0.15, 0.2) is 36.4 Å². The van der Waals surface area contributed by atoms with E-state index < -0.39 is 12.1 Å². The van der Waals surface area contributed by atoms with E-state index in [0.29, 0.717) is 36.5 Å². The second kappa shape index (κ2) is 9.42. The number of hydrogen-bond donors (Lipinski definition) is 0. The number of hydrogen-bond acceptors (Lipinski definition) is 3. The Balaban J connectivity index is 1.58. The van der Waals surface area contributed by atoms with Gasteiger partial charge in [0.2, 0.25) is 0 Å². The zero-order chi connectivity index (χ0) is 23.6. The number of carbonyl (C=O) groups is 1. The number of allylic oxidation sites excluding steroid dienone is 2. The molecule has 0 radical (unpaired) electrons. The quantitative estimate of drug-likeness (QED) is 0.545. The lowest BCUT2D eigenvalue weighted by molar-refractivity contribution is -0.175. The molecule has 4 rings (SSSR count). The number of carbonyl (C=O) groups excluding carboxylic acids is 1. The Labute approximate surface area is 191 Å². The summed E-state index contributed by atoms with van der Waals surface area (Å²) in [6.07, 6.45) is 0.662. The molecule has 1 amide bonds. The minimum absolute atomic E-state index is 0.0249. The minimum Gasteiger partial charge on any atom is -0.331 e. The molecular formula is C25H27F3N4O. The highest BCUT2D eigenvalue weighted by atomic mass is 19.4. The monoisotopic (exact) mass is 456 g/mol. The summed E-state index contributed by atoms with van der Waals surface area (Å²) in [5, 5.41) is 13.7. The number of amides is 1. The van der Waals surface area contributed by atoms with Crippen molar-refractivity contribution in [3.63, 3.8) is 0 Å². The predicted molar refractivity (Wildman–Crippen MR) is 118 cm³/mol. The second-order valence-corrected chi connectivity index (χ2v) is 8.89. The van der Waals surface area contributed by atoms with E-state index in [1.165, 1.54) is 0 Å². The Morgan fingerprint density at radius 2 is 2.00 bits per heavy atom. The number of unbranched alkanes of at least 4 members (excludes halogenated alkanes) is 1. The molecule has 5 nitrogen and oxygen atoms in total.